The Labute approximate surface area is 247 Å². The Kier molecular flexibility index (Phi) is 8.77. The number of aromatic nitrogens is 6. The number of hydrogen-bond acceptors (Lipinski definition) is 12. The van der Waals surface area contributed by atoms with Gasteiger partial charge >= 0.3 is 5.69 Å². The molecule has 3 aliphatic heterocycles. The predicted molar refractivity (Wildman–Crippen MR) is 153 cm³/mol. The molecule has 0 amide bonds. The molecule has 0 spiro atoms. The lowest BCUT2D eigenvalue weighted by Crippen LogP contribution is -2.49. The van der Waals surface area contributed by atoms with Gasteiger partial charge in [-0.1, -0.05) is 6.42 Å². The third-order valence-corrected chi connectivity index (χ3v) is 8.22. The molecule has 0 bridgehead atoms. The fourth-order valence-electron chi connectivity index (χ4n) is 6.02. The highest BCUT2D eigenvalue weighted by Gasteiger charge is 2.33. The molecular weight excluding hydrogens is 559 g/mol. The van der Waals surface area contributed by atoms with Crippen molar-refractivity contribution in [1.29, 1.82) is 5.26 Å². The number of hydrogen-bond donors (Lipinski definition) is 2. The maximum Gasteiger partial charge on any atom is 0.368 e. The van der Waals surface area contributed by atoms with E-state index in [1.165, 1.54) is 38.6 Å². The van der Waals surface area contributed by atoms with Gasteiger partial charge in [0.1, 0.15) is 41.6 Å². The number of benzene rings is 1. The van der Waals surface area contributed by atoms with Crippen LogP contribution in [0.3, 0.4) is 0 Å². The van der Waals surface area contributed by atoms with Crippen LogP contribution in [0.2, 0.25) is 0 Å². The summed E-state index contributed by atoms with van der Waals surface area (Å²) in [6, 6.07) is 5.21. The molecule has 3 saturated heterocycles. The highest BCUT2D eigenvalue weighted by molar-refractivity contribution is 5.64. The second kappa shape index (κ2) is 13.0. The fourth-order valence-corrected chi connectivity index (χ4v) is 6.02. The number of piperidine rings is 2. The number of rotatable bonds is 9. The van der Waals surface area contributed by atoms with Crippen molar-refractivity contribution in [2.45, 2.75) is 44.2 Å². The number of tetrazole rings is 1. The number of anilines is 3. The first kappa shape index (κ1) is 29.0. The zero-order chi connectivity index (χ0) is 29.8. The van der Waals surface area contributed by atoms with Gasteiger partial charge in [0, 0.05) is 25.7 Å². The van der Waals surface area contributed by atoms with Crippen LogP contribution in [0.25, 0.3) is 5.69 Å². The Morgan fingerprint density at radius 1 is 1.19 bits per heavy atom. The summed E-state index contributed by atoms with van der Waals surface area (Å²) < 4.78 is 34.4. The standard InChI is InChI=1S/C28H35FN10O4/c1-37-28(40)39(36-35-37)24-12-22(21(29)11-25(24)43-17-20-16-41-9-10-42-20)33-27-32-15-19(13-30)26(34-27)31-14-18-5-4-8-38-7-3-2-6-23(18)38/h11-12,15,18,20,23H,2-10,14,16-17H2,1H3,(H2,31,32,33,34)/t18-,20?,23+/m0/s1. The fraction of sp³-hybridized carbons (Fsp3) is 0.571. The first-order valence-corrected chi connectivity index (χ1v) is 14.7. The van der Waals surface area contributed by atoms with Crippen molar-refractivity contribution < 1.29 is 18.6 Å². The lowest BCUT2D eigenvalue weighted by molar-refractivity contribution is -0.101. The van der Waals surface area contributed by atoms with Gasteiger partial charge in [-0.25, -0.2) is 14.2 Å². The van der Waals surface area contributed by atoms with Gasteiger partial charge in [0.25, 0.3) is 0 Å². The van der Waals surface area contributed by atoms with Crippen molar-refractivity contribution >= 4 is 17.5 Å². The lowest BCUT2D eigenvalue weighted by Gasteiger charge is -2.44. The quantitative estimate of drug-likeness (QED) is 0.372. The second-order valence-electron chi connectivity index (χ2n) is 11.1. The van der Waals surface area contributed by atoms with E-state index in [9.17, 15) is 10.1 Å². The number of aryl methyl sites for hydroxylation is 1. The van der Waals surface area contributed by atoms with E-state index in [0.717, 1.165) is 41.4 Å². The summed E-state index contributed by atoms with van der Waals surface area (Å²) in [5.74, 6) is 0.330. The van der Waals surface area contributed by atoms with Crippen LogP contribution in [-0.2, 0) is 16.5 Å². The van der Waals surface area contributed by atoms with Crippen molar-refractivity contribution in [3.8, 4) is 17.5 Å². The Morgan fingerprint density at radius 2 is 2.07 bits per heavy atom. The van der Waals surface area contributed by atoms with Gasteiger partial charge < -0.3 is 29.7 Å². The zero-order valence-electron chi connectivity index (χ0n) is 24.0. The molecule has 0 aliphatic carbocycles. The van der Waals surface area contributed by atoms with E-state index in [0.29, 0.717) is 49.7 Å². The molecule has 43 heavy (non-hydrogen) atoms. The molecule has 1 aromatic carbocycles. The van der Waals surface area contributed by atoms with E-state index < -0.39 is 11.5 Å². The highest BCUT2D eigenvalue weighted by atomic mass is 19.1. The average Bonchev–Trinajstić information content (AvgIpc) is 3.37. The van der Waals surface area contributed by atoms with Gasteiger partial charge in [-0.05, 0) is 61.2 Å². The molecule has 228 valence electrons. The number of nitriles is 1. The molecule has 3 aromatic rings. The van der Waals surface area contributed by atoms with Crippen LogP contribution in [0, 0.1) is 23.1 Å². The summed E-state index contributed by atoms with van der Waals surface area (Å²) >= 11 is 0. The second-order valence-corrected chi connectivity index (χ2v) is 11.1. The zero-order valence-corrected chi connectivity index (χ0v) is 24.0. The van der Waals surface area contributed by atoms with E-state index in [4.69, 9.17) is 14.2 Å². The Morgan fingerprint density at radius 3 is 2.86 bits per heavy atom. The SMILES string of the molecule is Cn1nnn(-c2cc(Nc3ncc(C#N)c(NC[C@@H]4CCCN5CCCC[C@H]45)n3)c(F)cc2OCC2COCCO2)c1=O. The molecular formula is C28H35FN10O4. The topological polar surface area (TPSA) is 157 Å². The van der Waals surface area contributed by atoms with Gasteiger partial charge in [0.15, 0.2) is 5.82 Å². The Bertz CT molecular complexity index is 1530. The summed E-state index contributed by atoms with van der Waals surface area (Å²) in [7, 11) is 1.46. The number of ether oxygens (including phenoxy) is 3. The molecule has 5 heterocycles. The number of halogens is 1. The largest absolute Gasteiger partial charge is 0.488 e. The summed E-state index contributed by atoms with van der Waals surface area (Å²) in [4.78, 5) is 24.0. The third kappa shape index (κ3) is 6.46. The van der Waals surface area contributed by atoms with Crippen LogP contribution in [0.15, 0.2) is 23.1 Å². The van der Waals surface area contributed by atoms with Crippen molar-refractivity contribution in [3.05, 3.63) is 40.2 Å². The van der Waals surface area contributed by atoms with Crippen molar-refractivity contribution in [2.75, 3.05) is 56.7 Å². The van der Waals surface area contributed by atoms with Gasteiger partial charge in [-0.3, -0.25) is 0 Å². The molecule has 2 N–H and O–H groups in total. The molecule has 0 radical (unpaired) electrons. The molecule has 6 rings (SSSR count). The van der Waals surface area contributed by atoms with Crippen molar-refractivity contribution in [3.63, 3.8) is 0 Å². The first-order valence-electron chi connectivity index (χ1n) is 14.7. The predicted octanol–water partition coefficient (Wildman–Crippen LogP) is 1.98. The average molecular weight is 595 g/mol. The van der Waals surface area contributed by atoms with Crippen LogP contribution in [0.1, 0.15) is 37.7 Å². The van der Waals surface area contributed by atoms with Crippen LogP contribution >= 0.6 is 0 Å². The molecule has 1 unspecified atom stereocenters. The minimum absolute atomic E-state index is 0.0158. The summed E-state index contributed by atoms with van der Waals surface area (Å²) in [5, 5.41) is 23.6. The molecule has 3 atom stereocenters. The van der Waals surface area contributed by atoms with Crippen LogP contribution in [-0.4, -0.2) is 92.9 Å². The molecule has 2 aromatic heterocycles. The maximum absolute atomic E-state index is 15.4. The van der Waals surface area contributed by atoms with E-state index in [1.807, 2.05) is 0 Å². The van der Waals surface area contributed by atoms with Gasteiger partial charge in [-0.2, -0.15) is 19.6 Å². The van der Waals surface area contributed by atoms with Gasteiger partial charge in [0.2, 0.25) is 5.95 Å². The highest BCUT2D eigenvalue weighted by Crippen LogP contribution is 2.32. The third-order valence-electron chi connectivity index (χ3n) is 8.22. The lowest BCUT2D eigenvalue weighted by atomic mass is 9.83. The summed E-state index contributed by atoms with van der Waals surface area (Å²) in [6.45, 7) is 4.33. The monoisotopic (exact) mass is 594 g/mol. The first-order chi connectivity index (χ1) is 21.0. The number of nitrogens with one attached hydrogen (secondary N) is 2. The van der Waals surface area contributed by atoms with Crippen LogP contribution in [0.5, 0.6) is 5.75 Å². The van der Waals surface area contributed by atoms with Gasteiger partial charge in [0.05, 0.1) is 31.7 Å². The van der Waals surface area contributed by atoms with Crippen molar-refractivity contribution in [2.24, 2.45) is 13.0 Å². The molecule has 15 heteroatoms. The van der Waals surface area contributed by atoms with Crippen LogP contribution < -0.4 is 21.1 Å². The molecule has 3 aliphatic rings. The normalized spacial score (nSPS) is 22.4. The minimum atomic E-state index is -0.668. The van der Waals surface area contributed by atoms with E-state index in [2.05, 4.69) is 42.0 Å². The summed E-state index contributed by atoms with van der Waals surface area (Å²) in [5.41, 5.74) is -0.0928. The minimum Gasteiger partial charge on any atom is -0.488 e. The summed E-state index contributed by atoms with van der Waals surface area (Å²) in [6.07, 6.45) is 7.01. The number of fused-ring (bicyclic) bond motifs is 1. The Balaban J connectivity index is 1.23. The molecule has 0 saturated carbocycles. The van der Waals surface area contributed by atoms with E-state index >= 15 is 4.39 Å². The van der Waals surface area contributed by atoms with E-state index in [1.54, 1.807) is 0 Å². The molecule has 3 fully saturated rings. The Hall–Kier alpha value is -4.13. The van der Waals surface area contributed by atoms with Crippen molar-refractivity contribution in [1.82, 2.24) is 34.7 Å². The van der Waals surface area contributed by atoms with Crippen LogP contribution in [0.4, 0.5) is 21.8 Å². The smallest absolute Gasteiger partial charge is 0.368 e. The van der Waals surface area contributed by atoms with E-state index in [-0.39, 0.29) is 35.8 Å². The molecule has 14 nitrogen and oxygen atoms in total. The maximum atomic E-state index is 15.4. The van der Waals surface area contributed by atoms with Gasteiger partial charge in [-0.15, -0.1) is 0 Å². The number of nitrogens with zero attached hydrogens (tertiary/aromatic N) is 8.